The molecule has 1 aliphatic heterocycles. The third-order valence-corrected chi connectivity index (χ3v) is 6.44. The van der Waals surface area contributed by atoms with Gasteiger partial charge in [-0.25, -0.2) is 9.97 Å². The second-order valence-corrected chi connectivity index (χ2v) is 8.50. The molecule has 1 saturated carbocycles. The van der Waals surface area contributed by atoms with Crippen molar-refractivity contribution in [2.24, 2.45) is 7.05 Å². The van der Waals surface area contributed by atoms with Crippen molar-refractivity contribution < 1.29 is 4.79 Å². The second kappa shape index (κ2) is 7.05. The van der Waals surface area contributed by atoms with Crippen LogP contribution in [0.25, 0.3) is 11.1 Å². The highest BCUT2D eigenvalue weighted by molar-refractivity contribution is 6.34. The Balaban J connectivity index is 1.62. The van der Waals surface area contributed by atoms with E-state index >= 15 is 0 Å². The van der Waals surface area contributed by atoms with E-state index in [2.05, 4.69) is 20.4 Å². The lowest BCUT2D eigenvalue weighted by molar-refractivity contribution is 0.0950. The average molecular weight is 425 g/mol. The molecule has 0 atom stereocenters. The molecule has 5 rings (SSSR count). The molecule has 3 aromatic rings. The quantitative estimate of drug-likeness (QED) is 0.689. The number of halogens is 1. The molecule has 1 fully saturated rings. The molecule has 154 valence electrons. The fourth-order valence-electron chi connectivity index (χ4n) is 4.79. The smallest absolute Gasteiger partial charge is 0.275 e. The number of anilines is 2. The Hall–Kier alpha value is -3.00. The Kier molecular flexibility index (Phi) is 4.47. The normalized spacial score (nSPS) is 17.3. The minimum Gasteiger partial charge on any atom is -0.335 e. The summed E-state index contributed by atoms with van der Waals surface area (Å²) >= 11 is 6.50. The van der Waals surface area contributed by atoms with Crippen LogP contribution in [0.5, 0.6) is 0 Å². The zero-order valence-corrected chi connectivity index (χ0v) is 17.3. The van der Waals surface area contributed by atoms with Gasteiger partial charge in [-0.15, -0.1) is 0 Å². The Bertz CT molecular complexity index is 1210. The largest absolute Gasteiger partial charge is 0.335 e. The van der Waals surface area contributed by atoms with Crippen LogP contribution in [-0.2, 0) is 12.6 Å². The summed E-state index contributed by atoms with van der Waals surface area (Å²) in [6.07, 6.45) is 11.8. The molecule has 3 aromatic heterocycles. The van der Waals surface area contributed by atoms with Crippen molar-refractivity contribution >= 4 is 28.9 Å². The zero-order valence-electron chi connectivity index (χ0n) is 16.6. The number of carbonyl (C=O) groups is 1. The highest BCUT2D eigenvalue weighted by Crippen LogP contribution is 2.44. The summed E-state index contributed by atoms with van der Waals surface area (Å²) < 4.78 is 3.34. The number of aromatic nitrogens is 5. The van der Waals surface area contributed by atoms with Crippen molar-refractivity contribution in [3.8, 4) is 11.1 Å². The van der Waals surface area contributed by atoms with Gasteiger partial charge in [0.05, 0.1) is 16.8 Å². The van der Waals surface area contributed by atoms with Crippen molar-refractivity contribution in [3.63, 3.8) is 0 Å². The van der Waals surface area contributed by atoms with E-state index in [9.17, 15) is 9.59 Å². The van der Waals surface area contributed by atoms with Crippen molar-refractivity contribution in [2.75, 3.05) is 5.32 Å². The van der Waals surface area contributed by atoms with Gasteiger partial charge in [0.15, 0.2) is 5.78 Å². The number of aryl methyl sites for hydroxylation is 1. The van der Waals surface area contributed by atoms with Crippen LogP contribution < -0.4 is 10.9 Å². The molecule has 1 N–H and O–H groups in total. The summed E-state index contributed by atoms with van der Waals surface area (Å²) in [5, 5.41) is 7.63. The van der Waals surface area contributed by atoms with Crippen LogP contribution in [0.15, 0.2) is 35.8 Å². The SMILES string of the molecule is Cn1cc(-c2cncnc2Nc2cc(Cl)c3n(c2=O)C2(CCCCC2)CC3=O)cn1. The number of Topliss-reactive ketones (excluding diaryl/α,β-unsaturated/α-hetero) is 1. The highest BCUT2D eigenvalue weighted by Gasteiger charge is 2.46. The number of pyridine rings is 1. The van der Waals surface area contributed by atoms with Crippen LogP contribution in [0.1, 0.15) is 49.0 Å². The first-order chi connectivity index (χ1) is 14.5. The Labute approximate surface area is 177 Å². The lowest BCUT2D eigenvalue weighted by Crippen LogP contribution is -2.40. The molecule has 0 aromatic carbocycles. The van der Waals surface area contributed by atoms with Gasteiger partial charge in [-0.05, 0) is 18.9 Å². The first-order valence-electron chi connectivity index (χ1n) is 10.0. The number of ketones is 1. The van der Waals surface area contributed by atoms with Gasteiger partial charge in [-0.3, -0.25) is 18.8 Å². The van der Waals surface area contributed by atoms with E-state index in [1.54, 1.807) is 21.6 Å². The molecule has 30 heavy (non-hydrogen) atoms. The summed E-state index contributed by atoms with van der Waals surface area (Å²) in [5.74, 6) is 0.428. The van der Waals surface area contributed by atoms with Crippen LogP contribution in [0.2, 0.25) is 5.02 Å². The van der Waals surface area contributed by atoms with E-state index in [1.165, 1.54) is 12.4 Å². The first-order valence-corrected chi connectivity index (χ1v) is 10.4. The number of carbonyl (C=O) groups excluding carboxylic acids is 1. The maximum atomic E-state index is 13.5. The van der Waals surface area contributed by atoms with Gasteiger partial charge in [0, 0.05) is 37.0 Å². The van der Waals surface area contributed by atoms with Gasteiger partial charge in [0.25, 0.3) is 5.56 Å². The minimum atomic E-state index is -0.457. The number of hydrogen-bond acceptors (Lipinski definition) is 6. The molecule has 9 heteroatoms. The van der Waals surface area contributed by atoms with Gasteiger partial charge in [0.1, 0.15) is 23.5 Å². The van der Waals surface area contributed by atoms with Crippen LogP contribution in [0.3, 0.4) is 0 Å². The molecule has 0 amide bonds. The minimum absolute atomic E-state index is 0.0522. The van der Waals surface area contributed by atoms with E-state index < -0.39 is 5.54 Å². The summed E-state index contributed by atoms with van der Waals surface area (Å²) in [4.78, 5) is 34.7. The van der Waals surface area contributed by atoms with Crippen LogP contribution in [-0.4, -0.2) is 30.1 Å². The summed E-state index contributed by atoms with van der Waals surface area (Å²) in [6.45, 7) is 0. The standard InChI is InChI=1S/C21H21ClN6O2/c1-27-11-13(9-25-27)14-10-23-12-24-19(14)26-16-7-15(22)18-17(29)8-21(28(18)20(16)30)5-3-2-4-6-21/h7,9-12H,2-6,8H2,1H3,(H,23,24,26). The topological polar surface area (TPSA) is 94.7 Å². The Morgan fingerprint density at radius 2 is 1.97 bits per heavy atom. The average Bonchev–Trinajstić information content (AvgIpc) is 3.28. The summed E-state index contributed by atoms with van der Waals surface area (Å²) in [7, 11) is 1.83. The summed E-state index contributed by atoms with van der Waals surface area (Å²) in [6, 6.07) is 1.53. The fourth-order valence-corrected chi connectivity index (χ4v) is 5.08. The van der Waals surface area contributed by atoms with E-state index in [0.29, 0.717) is 28.6 Å². The number of hydrogen-bond donors (Lipinski definition) is 1. The number of nitrogens with one attached hydrogen (secondary N) is 1. The number of rotatable bonds is 3. The molecular weight excluding hydrogens is 404 g/mol. The van der Waals surface area contributed by atoms with Crippen molar-refractivity contribution in [1.29, 1.82) is 0 Å². The zero-order chi connectivity index (χ0) is 20.9. The highest BCUT2D eigenvalue weighted by atomic mass is 35.5. The molecule has 2 aliphatic rings. The monoisotopic (exact) mass is 424 g/mol. The molecule has 0 unspecified atom stereocenters. The second-order valence-electron chi connectivity index (χ2n) is 8.09. The van der Waals surface area contributed by atoms with Crippen LogP contribution >= 0.6 is 11.6 Å². The lowest BCUT2D eigenvalue weighted by Gasteiger charge is -2.35. The molecule has 0 saturated heterocycles. The summed E-state index contributed by atoms with van der Waals surface area (Å²) in [5.41, 5.74) is 1.48. The van der Waals surface area contributed by atoms with Crippen molar-refractivity contribution in [2.45, 2.75) is 44.1 Å². The first kappa shape index (κ1) is 19.0. The molecule has 1 spiro atoms. The maximum Gasteiger partial charge on any atom is 0.275 e. The van der Waals surface area contributed by atoms with E-state index in [4.69, 9.17) is 11.6 Å². The van der Waals surface area contributed by atoms with Gasteiger partial charge < -0.3 is 5.32 Å². The third kappa shape index (κ3) is 2.94. The molecule has 1 aliphatic carbocycles. The fraction of sp³-hybridized carbons (Fsp3) is 0.381. The van der Waals surface area contributed by atoms with Gasteiger partial charge in [-0.2, -0.15) is 5.10 Å². The van der Waals surface area contributed by atoms with Crippen LogP contribution in [0.4, 0.5) is 11.5 Å². The van der Waals surface area contributed by atoms with E-state index in [0.717, 1.165) is 43.2 Å². The predicted octanol–water partition coefficient (Wildman–Crippen LogP) is 3.68. The third-order valence-electron chi connectivity index (χ3n) is 6.15. The number of nitrogens with zero attached hydrogens (tertiary/aromatic N) is 5. The van der Waals surface area contributed by atoms with Crippen LogP contribution in [0, 0.1) is 0 Å². The van der Waals surface area contributed by atoms with Gasteiger partial charge in [0.2, 0.25) is 0 Å². The Morgan fingerprint density at radius 1 is 1.17 bits per heavy atom. The molecule has 4 heterocycles. The Morgan fingerprint density at radius 3 is 2.70 bits per heavy atom. The molecule has 0 radical (unpaired) electrons. The number of fused-ring (bicyclic) bond motifs is 2. The predicted molar refractivity (Wildman–Crippen MR) is 113 cm³/mol. The molecular formula is C21H21ClN6O2. The lowest BCUT2D eigenvalue weighted by atomic mass is 9.80. The van der Waals surface area contributed by atoms with Crippen molar-refractivity contribution in [1.82, 2.24) is 24.3 Å². The van der Waals surface area contributed by atoms with Crippen molar-refractivity contribution in [3.05, 3.63) is 52.1 Å². The van der Waals surface area contributed by atoms with Gasteiger partial charge >= 0.3 is 0 Å². The maximum absolute atomic E-state index is 13.5. The van der Waals surface area contributed by atoms with Gasteiger partial charge in [-0.1, -0.05) is 30.9 Å². The van der Waals surface area contributed by atoms with E-state index in [-0.39, 0.29) is 11.3 Å². The molecule has 8 nitrogen and oxygen atoms in total. The van der Waals surface area contributed by atoms with E-state index in [1.807, 2.05) is 13.2 Å². The molecule has 0 bridgehead atoms.